The smallest absolute Gasteiger partial charge is 0.282 e. The maximum atomic E-state index is 13.5. The predicted molar refractivity (Wildman–Crippen MR) is 153 cm³/mol. The maximum absolute atomic E-state index is 13.5. The molecule has 0 aliphatic carbocycles. The lowest BCUT2D eigenvalue weighted by atomic mass is 10.1. The van der Waals surface area contributed by atoms with Gasteiger partial charge in [0.05, 0.1) is 41.3 Å². The number of rotatable bonds is 12. The molecule has 0 bridgehead atoms. The highest BCUT2D eigenvalue weighted by molar-refractivity contribution is 7.20. The number of aromatic amines is 1. The van der Waals surface area contributed by atoms with Crippen LogP contribution in [0.4, 0.5) is 0 Å². The van der Waals surface area contributed by atoms with E-state index in [1.165, 1.54) is 16.0 Å². The number of hydrogen-bond donors (Lipinski definition) is 2. The number of carbonyl (C=O) groups is 1. The molecule has 0 unspecified atom stereocenters. The number of amides is 1. The molecule has 2 aromatic heterocycles. The molecule has 39 heavy (non-hydrogen) atoms. The van der Waals surface area contributed by atoms with E-state index in [0.29, 0.717) is 59.9 Å². The van der Waals surface area contributed by atoms with Crippen molar-refractivity contribution in [2.24, 2.45) is 5.10 Å². The van der Waals surface area contributed by atoms with Gasteiger partial charge in [0.1, 0.15) is 0 Å². The van der Waals surface area contributed by atoms with Crippen molar-refractivity contribution in [3.63, 3.8) is 0 Å². The lowest BCUT2D eigenvalue weighted by molar-refractivity contribution is 0.0953. The van der Waals surface area contributed by atoms with Crippen molar-refractivity contribution in [2.45, 2.75) is 47.5 Å². The molecule has 0 radical (unpaired) electrons. The molecule has 0 atom stereocenters. The van der Waals surface area contributed by atoms with Crippen molar-refractivity contribution in [3.05, 3.63) is 63.6 Å². The Morgan fingerprint density at radius 2 is 1.72 bits per heavy atom. The van der Waals surface area contributed by atoms with Crippen LogP contribution in [0.25, 0.3) is 15.3 Å². The second kappa shape index (κ2) is 12.6. The fourth-order valence-corrected chi connectivity index (χ4v) is 5.08. The molecular weight excluding hydrogens is 518 g/mol. The van der Waals surface area contributed by atoms with Gasteiger partial charge in [-0.25, -0.2) is 10.4 Å². The fraction of sp³-hybridized carbons (Fsp3) is 0.357. The molecule has 1 amide bonds. The van der Waals surface area contributed by atoms with Gasteiger partial charge in [-0.3, -0.25) is 14.7 Å². The highest BCUT2D eigenvalue weighted by atomic mass is 32.1. The van der Waals surface area contributed by atoms with Crippen LogP contribution in [0.15, 0.2) is 46.3 Å². The van der Waals surface area contributed by atoms with Gasteiger partial charge in [0, 0.05) is 11.3 Å². The van der Waals surface area contributed by atoms with Crippen LogP contribution in [0.3, 0.4) is 0 Å². The summed E-state index contributed by atoms with van der Waals surface area (Å²) in [6, 6.07) is 10.9. The minimum absolute atomic E-state index is 0.272. The molecule has 0 fully saturated rings. The number of H-pyrrole nitrogens is 1. The molecule has 10 nitrogen and oxygen atoms in total. The van der Waals surface area contributed by atoms with Gasteiger partial charge in [-0.05, 0) is 58.4 Å². The summed E-state index contributed by atoms with van der Waals surface area (Å²) in [7, 11) is 0. The molecule has 206 valence electrons. The van der Waals surface area contributed by atoms with Crippen LogP contribution in [-0.4, -0.2) is 46.2 Å². The van der Waals surface area contributed by atoms with E-state index in [-0.39, 0.29) is 11.1 Å². The quantitative estimate of drug-likeness (QED) is 0.187. The molecule has 11 heteroatoms. The van der Waals surface area contributed by atoms with E-state index in [2.05, 4.69) is 20.6 Å². The van der Waals surface area contributed by atoms with E-state index < -0.39 is 5.91 Å². The zero-order chi connectivity index (χ0) is 27.9. The number of ether oxygens (including phenoxy) is 3. The Morgan fingerprint density at radius 3 is 2.33 bits per heavy atom. The third-order valence-electron chi connectivity index (χ3n) is 5.80. The summed E-state index contributed by atoms with van der Waals surface area (Å²) in [5.74, 6) is 0.791. The summed E-state index contributed by atoms with van der Waals surface area (Å²) >= 11 is 1.42. The van der Waals surface area contributed by atoms with E-state index in [0.717, 1.165) is 22.3 Å². The number of hydrogen-bond acceptors (Lipinski definition) is 8. The van der Waals surface area contributed by atoms with E-state index in [4.69, 9.17) is 14.2 Å². The van der Waals surface area contributed by atoms with Gasteiger partial charge in [0.15, 0.2) is 11.5 Å². The lowest BCUT2D eigenvalue weighted by Crippen LogP contribution is -2.23. The molecule has 0 aliphatic rings. The maximum Gasteiger partial charge on any atom is 0.282 e. The van der Waals surface area contributed by atoms with Crippen LogP contribution < -0.4 is 25.2 Å². The van der Waals surface area contributed by atoms with Crippen molar-refractivity contribution in [1.82, 2.24) is 20.2 Å². The lowest BCUT2D eigenvalue weighted by Gasteiger charge is -2.16. The first-order valence-electron chi connectivity index (χ1n) is 13.0. The third-order valence-corrected chi connectivity index (χ3v) is 6.82. The van der Waals surface area contributed by atoms with Gasteiger partial charge in [-0.2, -0.15) is 9.78 Å². The Balaban J connectivity index is 1.66. The summed E-state index contributed by atoms with van der Waals surface area (Å²) < 4.78 is 19.6. The molecule has 0 saturated heterocycles. The minimum Gasteiger partial charge on any atom is -0.490 e. The van der Waals surface area contributed by atoms with Crippen molar-refractivity contribution in [1.29, 1.82) is 0 Å². The number of benzene rings is 2. The van der Waals surface area contributed by atoms with Gasteiger partial charge >= 0.3 is 0 Å². The van der Waals surface area contributed by atoms with Crippen molar-refractivity contribution in [2.75, 3.05) is 19.8 Å². The summed E-state index contributed by atoms with van der Waals surface area (Å²) in [6.45, 7) is 10.5. The Morgan fingerprint density at radius 1 is 1.05 bits per heavy atom. The number of para-hydroxylation sites is 1. The van der Waals surface area contributed by atoms with Crippen LogP contribution in [0.2, 0.25) is 0 Å². The standard InChI is InChI=1S/C28H33N5O5S/c1-6-12-20-24(27(35)33(32-20)28-29-19-13-10-11-14-23(19)39-28)17(5)30-31-26(34)18-15-21(36-7-2)25(38-9-4)22(16-18)37-8-3/h10-11,13-16,32H,6-9,12H2,1-5H3,(H,31,34)/b30-17-. The first-order chi connectivity index (χ1) is 18.9. The third kappa shape index (κ3) is 5.98. The van der Waals surface area contributed by atoms with E-state index in [1.807, 2.05) is 52.0 Å². The Bertz CT molecular complexity index is 1490. The normalized spacial score (nSPS) is 11.6. The molecule has 2 aromatic carbocycles. The van der Waals surface area contributed by atoms with Gasteiger partial charge in [0.25, 0.3) is 11.5 Å². The highest BCUT2D eigenvalue weighted by Gasteiger charge is 2.21. The SMILES string of the molecule is CCCc1[nH]n(-c2nc3ccccc3s2)c(=O)c1/C(C)=N\NC(=O)c1cc(OCC)c(OCC)c(OCC)c1. The second-order valence-electron chi connectivity index (χ2n) is 8.56. The first-order valence-corrected chi connectivity index (χ1v) is 13.8. The highest BCUT2D eigenvalue weighted by Crippen LogP contribution is 2.39. The number of fused-ring (bicyclic) bond motifs is 1. The molecule has 0 aliphatic heterocycles. The van der Waals surface area contributed by atoms with Crippen LogP contribution >= 0.6 is 11.3 Å². The largest absolute Gasteiger partial charge is 0.490 e. The van der Waals surface area contributed by atoms with Crippen LogP contribution in [0.1, 0.15) is 62.7 Å². The van der Waals surface area contributed by atoms with Crippen LogP contribution in [0, 0.1) is 0 Å². The van der Waals surface area contributed by atoms with Crippen LogP contribution in [-0.2, 0) is 6.42 Å². The summed E-state index contributed by atoms with van der Waals surface area (Å²) in [6.07, 6.45) is 1.45. The average molecular weight is 552 g/mol. The molecule has 4 rings (SSSR count). The zero-order valence-corrected chi connectivity index (χ0v) is 23.6. The Labute approximate surface area is 230 Å². The van der Waals surface area contributed by atoms with E-state index in [9.17, 15) is 9.59 Å². The minimum atomic E-state index is -0.474. The number of nitrogens with one attached hydrogen (secondary N) is 2. The molecular formula is C28H33N5O5S. The van der Waals surface area contributed by atoms with Crippen molar-refractivity contribution < 1.29 is 19.0 Å². The number of hydrazone groups is 1. The van der Waals surface area contributed by atoms with E-state index >= 15 is 0 Å². The Kier molecular flexibility index (Phi) is 9.03. The van der Waals surface area contributed by atoms with E-state index in [1.54, 1.807) is 19.1 Å². The Hall–Kier alpha value is -4.12. The summed E-state index contributed by atoms with van der Waals surface area (Å²) in [5, 5.41) is 8.03. The number of aryl methyl sites for hydroxylation is 1. The first kappa shape index (κ1) is 27.9. The number of thiazole rings is 1. The molecule has 4 aromatic rings. The molecule has 2 N–H and O–H groups in total. The molecule has 2 heterocycles. The fourth-order valence-electron chi connectivity index (χ4n) is 4.15. The zero-order valence-electron chi connectivity index (χ0n) is 22.8. The number of carbonyl (C=O) groups excluding carboxylic acids is 1. The van der Waals surface area contributed by atoms with Crippen LogP contribution in [0.5, 0.6) is 17.2 Å². The summed E-state index contributed by atoms with van der Waals surface area (Å²) in [5.41, 5.74) is 4.94. The molecule has 0 spiro atoms. The van der Waals surface area contributed by atoms with Crippen molar-refractivity contribution >= 4 is 33.2 Å². The summed E-state index contributed by atoms with van der Waals surface area (Å²) in [4.78, 5) is 31.2. The van der Waals surface area contributed by atoms with Gasteiger partial charge in [-0.1, -0.05) is 36.8 Å². The van der Waals surface area contributed by atoms with Crippen molar-refractivity contribution in [3.8, 4) is 22.4 Å². The van der Waals surface area contributed by atoms with Gasteiger partial charge in [-0.15, -0.1) is 0 Å². The van der Waals surface area contributed by atoms with Gasteiger partial charge in [0.2, 0.25) is 10.9 Å². The monoisotopic (exact) mass is 551 g/mol. The predicted octanol–water partition coefficient (Wildman–Crippen LogP) is 5.08. The topological polar surface area (TPSA) is 120 Å². The number of nitrogens with zero attached hydrogens (tertiary/aromatic N) is 3. The average Bonchev–Trinajstić information content (AvgIpc) is 3.50. The second-order valence-corrected chi connectivity index (χ2v) is 9.57. The molecule has 0 saturated carbocycles. The van der Waals surface area contributed by atoms with Gasteiger partial charge < -0.3 is 14.2 Å². The number of aromatic nitrogens is 3.